The fraction of sp³-hybridized carbons (Fsp3) is 0. The van der Waals surface area contributed by atoms with E-state index >= 15 is 0 Å². The van der Waals surface area contributed by atoms with Crippen LogP contribution in [0, 0.1) is 2.88 Å². The fourth-order valence-corrected chi connectivity index (χ4v) is 2.98. The topological polar surface area (TPSA) is 83.6 Å². The van der Waals surface area contributed by atoms with Crippen molar-refractivity contribution in [3.05, 3.63) is 44.2 Å². The summed E-state index contributed by atoms with van der Waals surface area (Å²) >= 11 is 3.73. The normalized spacial score (nSPS) is 10.4. The van der Waals surface area contributed by atoms with Gasteiger partial charge in [0.15, 0.2) is 0 Å². The second kappa shape index (κ2) is 5.67. The molecule has 2 aromatic heterocycles. The zero-order chi connectivity index (χ0) is 13.9. The number of thiophene rings is 1. The van der Waals surface area contributed by atoms with Crippen molar-refractivity contribution >= 4 is 45.5 Å². The van der Waals surface area contributed by atoms with Crippen LogP contribution in [-0.4, -0.2) is 26.5 Å². The molecule has 0 unspecified atom stereocenters. The maximum Gasteiger partial charge on any atom is 0.256 e. The SMILES string of the molecule is O=C(Nc1cccc(-c2nn[nH]n2)c1)c1csc(I)c1. The highest BCUT2D eigenvalue weighted by molar-refractivity contribution is 14.1. The summed E-state index contributed by atoms with van der Waals surface area (Å²) in [5.41, 5.74) is 2.14. The van der Waals surface area contributed by atoms with Crippen molar-refractivity contribution < 1.29 is 4.79 Å². The number of aromatic nitrogens is 4. The number of nitrogens with zero attached hydrogens (tertiary/aromatic N) is 3. The molecule has 0 aliphatic carbocycles. The maximum atomic E-state index is 12.1. The molecule has 1 amide bonds. The quantitative estimate of drug-likeness (QED) is 0.666. The third kappa shape index (κ3) is 2.85. The third-order valence-electron chi connectivity index (χ3n) is 2.55. The molecule has 0 saturated heterocycles. The number of carbonyl (C=O) groups excluding carboxylic acids is 1. The van der Waals surface area contributed by atoms with Crippen molar-refractivity contribution in [2.24, 2.45) is 0 Å². The molecule has 0 spiro atoms. The number of rotatable bonds is 3. The smallest absolute Gasteiger partial charge is 0.256 e. The summed E-state index contributed by atoms with van der Waals surface area (Å²) in [4.78, 5) is 12.1. The van der Waals surface area contributed by atoms with Crippen LogP contribution in [0.2, 0.25) is 0 Å². The number of benzene rings is 1. The first-order valence-electron chi connectivity index (χ1n) is 5.61. The number of amides is 1. The van der Waals surface area contributed by atoms with E-state index in [1.807, 2.05) is 29.6 Å². The van der Waals surface area contributed by atoms with Gasteiger partial charge >= 0.3 is 0 Å². The lowest BCUT2D eigenvalue weighted by atomic mass is 10.2. The molecular weight excluding hydrogens is 389 g/mol. The van der Waals surface area contributed by atoms with Gasteiger partial charge in [-0.1, -0.05) is 12.1 Å². The zero-order valence-electron chi connectivity index (χ0n) is 10.0. The van der Waals surface area contributed by atoms with Gasteiger partial charge in [0.25, 0.3) is 5.91 Å². The molecule has 8 heteroatoms. The molecule has 0 aliphatic rings. The summed E-state index contributed by atoms with van der Waals surface area (Å²) in [6.45, 7) is 0. The number of aromatic amines is 1. The molecule has 0 radical (unpaired) electrons. The van der Waals surface area contributed by atoms with Crippen molar-refractivity contribution in [1.29, 1.82) is 0 Å². The second-order valence-corrected chi connectivity index (χ2v) is 6.72. The lowest BCUT2D eigenvalue weighted by molar-refractivity contribution is 0.102. The van der Waals surface area contributed by atoms with Crippen LogP contribution in [0.15, 0.2) is 35.7 Å². The van der Waals surface area contributed by atoms with E-state index in [9.17, 15) is 4.79 Å². The Kier molecular flexibility index (Phi) is 3.74. The number of H-pyrrole nitrogens is 1. The molecule has 3 aromatic rings. The Morgan fingerprint density at radius 1 is 1.35 bits per heavy atom. The van der Waals surface area contributed by atoms with Crippen LogP contribution in [0.3, 0.4) is 0 Å². The highest BCUT2D eigenvalue weighted by Gasteiger charge is 2.09. The van der Waals surface area contributed by atoms with Crippen LogP contribution >= 0.6 is 33.9 Å². The number of halogens is 1. The number of anilines is 1. The first-order chi connectivity index (χ1) is 9.72. The van der Waals surface area contributed by atoms with Gasteiger partial charge in [0.2, 0.25) is 5.82 Å². The van der Waals surface area contributed by atoms with Crippen LogP contribution in [0.5, 0.6) is 0 Å². The molecule has 6 nitrogen and oxygen atoms in total. The highest BCUT2D eigenvalue weighted by Crippen LogP contribution is 2.21. The Bertz CT molecular complexity index is 740. The van der Waals surface area contributed by atoms with Gasteiger partial charge in [-0.25, -0.2) is 0 Å². The summed E-state index contributed by atoms with van der Waals surface area (Å²) in [5, 5.41) is 18.4. The van der Waals surface area contributed by atoms with Gasteiger partial charge < -0.3 is 5.32 Å². The van der Waals surface area contributed by atoms with Crippen LogP contribution < -0.4 is 5.32 Å². The van der Waals surface area contributed by atoms with Gasteiger partial charge in [0.05, 0.1) is 8.45 Å². The molecule has 1 aromatic carbocycles. The largest absolute Gasteiger partial charge is 0.322 e. The number of carbonyl (C=O) groups is 1. The number of hydrogen-bond acceptors (Lipinski definition) is 5. The van der Waals surface area contributed by atoms with E-state index in [1.54, 1.807) is 6.07 Å². The first-order valence-corrected chi connectivity index (χ1v) is 7.57. The fourth-order valence-electron chi connectivity index (χ4n) is 1.65. The Morgan fingerprint density at radius 3 is 2.95 bits per heavy atom. The van der Waals surface area contributed by atoms with E-state index in [1.165, 1.54) is 11.3 Å². The van der Waals surface area contributed by atoms with Gasteiger partial charge in [-0.05, 0) is 46.0 Å². The second-order valence-electron chi connectivity index (χ2n) is 3.91. The van der Waals surface area contributed by atoms with Gasteiger partial charge in [-0.2, -0.15) is 5.21 Å². The zero-order valence-corrected chi connectivity index (χ0v) is 13.0. The minimum atomic E-state index is -0.130. The van der Waals surface area contributed by atoms with E-state index in [0.29, 0.717) is 17.1 Å². The molecule has 20 heavy (non-hydrogen) atoms. The van der Waals surface area contributed by atoms with E-state index in [4.69, 9.17) is 0 Å². The number of nitrogens with one attached hydrogen (secondary N) is 2. The highest BCUT2D eigenvalue weighted by atomic mass is 127. The molecule has 0 atom stereocenters. The van der Waals surface area contributed by atoms with Crippen molar-refractivity contribution in [2.75, 3.05) is 5.32 Å². The molecule has 0 aliphatic heterocycles. The predicted molar refractivity (Wildman–Crippen MR) is 84.6 cm³/mol. The van der Waals surface area contributed by atoms with Gasteiger partial charge in [-0.3, -0.25) is 4.79 Å². The predicted octanol–water partition coefficient (Wildman–Crippen LogP) is 2.79. The number of hydrogen-bond donors (Lipinski definition) is 2. The molecule has 0 saturated carbocycles. The Labute approximate surface area is 131 Å². The van der Waals surface area contributed by atoms with E-state index in [0.717, 1.165) is 8.45 Å². The van der Waals surface area contributed by atoms with Crippen LogP contribution in [-0.2, 0) is 0 Å². The van der Waals surface area contributed by atoms with Crippen molar-refractivity contribution in [3.63, 3.8) is 0 Å². The minimum absolute atomic E-state index is 0.130. The summed E-state index contributed by atoms with van der Waals surface area (Å²) in [5.74, 6) is 0.362. The summed E-state index contributed by atoms with van der Waals surface area (Å²) in [7, 11) is 0. The molecule has 0 fully saturated rings. The number of tetrazole rings is 1. The standard InChI is InChI=1S/C12H8IN5OS/c13-10-5-8(6-20-10)12(19)14-9-3-1-2-7(4-9)11-15-17-18-16-11/h1-6H,(H,14,19)(H,15,16,17,18). The molecular formula is C12H8IN5OS. The van der Waals surface area contributed by atoms with Crippen LogP contribution in [0.4, 0.5) is 5.69 Å². The monoisotopic (exact) mass is 397 g/mol. The van der Waals surface area contributed by atoms with Crippen molar-refractivity contribution in [2.45, 2.75) is 0 Å². The Hall–Kier alpha value is -1.81. The van der Waals surface area contributed by atoms with Crippen molar-refractivity contribution in [3.8, 4) is 11.4 Å². The van der Waals surface area contributed by atoms with Gasteiger partial charge in [-0.15, -0.1) is 21.5 Å². The van der Waals surface area contributed by atoms with E-state index < -0.39 is 0 Å². The molecule has 2 N–H and O–H groups in total. The molecule has 2 heterocycles. The van der Waals surface area contributed by atoms with Gasteiger partial charge in [0.1, 0.15) is 0 Å². The Morgan fingerprint density at radius 2 is 2.25 bits per heavy atom. The molecule has 3 rings (SSSR count). The summed E-state index contributed by atoms with van der Waals surface area (Å²) in [6, 6.07) is 9.16. The Balaban J connectivity index is 1.81. The average molecular weight is 397 g/mol. The summed E-state index contributed by atoms with van der Waals surface area (Å²) < 4.78 is 1.08. The van der Waals surface area contributed by atoms with E-state index in [2.05, 4.69) is 48.5 Å². The molecule has 0 bridgehead atoms. The van der Waals surface area contributed by atoms with Crippen molar-refractivity contribution in [1.82, 2.24) is 20.6 Å². The van der Waals surface area contributed by atoms with E-state index in [-0.39, 0.29) is 5.91 Å². The summed E-state index contributed by atoms with van der Waals surface area (Å²) in [6.07, 6.45) is 0. The maximum absolute atomic E-state index is 12.1. The van der Waals surface area contributed by atoms with Crippen LogP contribution in [0.25, 0.3) is 11.4 Å². The van der Waals surface area contributed by atoms with Gasteiger partial charge in [0, 0.05) is 16.6 Å². The molecule has 100 valence electrons. The first kappa shape index (κ1) is 13.2. The lowest BCUT2D eigenvalue weighted by Crippen LogP contribution is -2.10. The minimum Gasteiger partial charge on any atom is -0.322 e. The van der Waals surface area contributed by atoms with Crippen LogP contribution in [0.1, 0.15) is 10.4 Å². The lowest BCUT2D eigenvalue weighted by Gasteiger charge is -2.04. The average Bonchev–Trinajstić information content (AvgIpc) is 3.10. The third-order valence-corrected chi connectivity index (χ3v) is 4.34.